The molecule has 0 atom stereocenters. The number of non-ortho nitro benzene ring substituents is 1. The molecule has 0 bridgehead atoms. The second-order valence-electron chi connectivity index (χ2n) is 4.24. The summed E-state index contributed by atoms with van der Waals surface area (Å²) in [5.41, 5.74) is 1.10. The molecular weight excluding hydrogens is 274 g/mol. The molecule has 21 heavy (non-hydrogen) atoms. The standard InChI is InChI=1S/C14H13N3O4/c1-21-14(18)12(9-16-7-6-15-10-16)8-11-2-4-13(5-3-11)17(19)20/h2-8,10H,9H2,1H3/b12-8+. The van der Waals surface area contributed by atoms with E-state index in [9.17, 15) is 14.9 Å². The smallest absolute Gasteiger partial charge is 0.335 e. The van der Waals surface area contributed by atoms with E-state index in [2.05, 4.69) is 4.98 Å². The fourth-order valence-electron chi connectivity index (χ4n) is 1.77. The monoisotopic (exact) mass is 287 g/mol. The summed E-state index contributed by atoms with van der Waals surface area (Å²) in [6.07, 6.45) is 6.57. The van der Waals surface area contributed by atoms with Crippen LogP contribution in [0.2, 0.25) is 0 Å². The lowest BCUT2D eigenvalue weighted by Gasteiger charge is -2.06. The van der Waals surface area contributed by atoms with E-state index >= 15 is 0 Å². The SMILES string of the molecule is COC(=O)/C(=C/c1ccc([N+](=O)[O-])cc1)Cn1ccnc1. The van der Waals surface area contributed by atoms with E-state index < -0.39 is 10.9 Å². The molecule has 0 spiro atoms. The molecule has 0 radical (unpaired) electrons. The van der Waals surface area contributed by atoms with Crippen molar-refractivity contribution >= 4 is 17.7 Å². The predicted octanol–water partition coefficient (Wildman–Crippen LogP) is 2.05. The number of hydrogen-bond donors (Lipinski definition) is 0. The van der Waals surface area contributed by atoms with Crippen molar-refractivity contribution in [1.29, 1.82) is 0 Å². The summed E-state index contributed by atoms with van der Waals surface area (Å²) in [6, 6.07) is 5.93. The molecule has 108 valence electrons. The van der Waals surface area contributed by atoms with Crippen LogP contribution in [0.4, 0.5) is 5.69 Å². The van der Waals surface area contributed by atoms with E-state index in [4.69, 9.17) is 4.74 Å². The number of imidazole rings is 1. The molecule has 0 fully saturated rings. The number of nitrogens with zero attached hydrogens (tertiary/aromatic N) is 3. The maximum absolute atomic E-state index is 11.8. The Morgan fingerprint density at radius 2 is 2.14 bits per heavy atom. The van der Waals surface area contributed by atoms with Gasteiger partial charge in [0.15, 0.2) is 0 Å². The number of aromatic nitrogens is 2. The van der Waals surface area contributed by atoms with Crippen LogP contribution in [-0.2, 0) is 16.1 Å². The van der Waals surface area contributed by atoms with Crippen molar-refractivity contribution in [2.45, 2.75) is 6.54 Å². The summed E-state index contributed by atoms with van der Waals surface area (Å²) in [4.78, 5) is 25.8. The number of carbonyl (C=O) groups excluding carboxylic acids is 1. The average molecular weight is 287 g/mol. The summed E-state index contributed by atoms with van der Waals surface area (Å²) >= 11 is 0. The van der Waals surface area contributed by atoms with E-state index in [1.807, 2.05) is 0 Å². The van der Waals surface area contributed by atoms with Gasteiger partial charge >= 0.3 is 5.97 Å². The van der Waals surface area contributed by atoms with Crippen LogP contribution in [-0.4, -0.2) is 27.6 Å². The van der Waals surface area contributed by atoms with Crippen molar-refractivity contribution in [1.82, 2.24) is 9.55 Å². The highest BCUT2D eigenvalue weighted by Crippen LogP contribution is 2.15. The van der Waals surface area contributed by atoms with Gasteiger partial charge in [-0.1, -0.05) is 0 Å². The number of nitro groups is 1. The highest BCUT2D eigenvalue weighted by atomic mass is 16.6. The Labute approximate surface area is 120 Å². The molecule has 2 rings (SSSR count). The van der Waals surface area contributed by atoms with Crippen molar-refractivity contribution in [3.05, 3.63) is 64.2 Å². The van der Waals surface area contributed by atoms with Gasteiger partial charge in [0.1, 0.15) is 0 Å². The van der Waals surface area contributed by atoms with E-state index in [1.54, 1.807) is 41.5 Å². The lowest BCUT2D eigenvalue weighted by atomic mass is 10.1. The van der Waals surface area contributed by atoms with Crippen LogP contribution in [0.3, 0.4) is 0 Å². The largest absolute Gasteiger partial charge is 0.466 e. The van der Waals surface area contributed by atoms with Crippen molar-refractivity contribution < 1.29 is 14.5 Å². The van der Waals surface area contributed by atoms with Gasteiger partial charge in [0, 0.05) is 24.5 Å². The molecule has 0 saturated heterocycles. The molecule has 0 aliphatic rings. The molecule has 7 heteroatoms. The second kappa shape index (κ2) is 6.47. The van der Waals surface area contributed by atoms with Crippen LogP contribution in [0, 0.1) is 10.1 Å². The summed E-state index contributed by atoms with van der Waals surface area (Å²) in [6.45, 7) is 0.309. The van der Waals surface area contributed by atoms with Gasteiger partial charge in [-0.15, -0.1) is 0 Å². The Balaban J connectivity index is 2.26. The lowest BCUT2D eigenvalue weighted by Crippen LogP contribution is -2.10. The molecule has 2 aromatic rings. The van der Waals surface area contributed by atoms with Gasteiger partial charge < -0.3 is 9.30 Å². The van der Waals surface area contributed by atoms with Gasteiger partial charge in [-0.3, -0.25) is 10.1 Å². The zero-order valence-electron chi connectivity index (χ0n) is 11.3. The number of carbonyl (C=O) groups is 1. The Hall–Kier alpha value is -2.96. The number of methoxy groups -OCH3 is 1. The Morgan fingerprint density at radius 1 is 1.43 bits per heavy atom. The zero-order chi connectivity index (χ0) is 15.2. The van der Waals surface area contributed by atoms with Crippen molar-refractivity contribution in [3.63, 3.8) is 0 Å². The predicted molar refractivity (Wildman–Crippen MR) is 75.3 cm³/mol. The van der Waals surface area contributed by atoms with Gasteiger partial charge in [0.2, 0.25) is 0 Å². The van der Waals surface area contributed by atoms with Crippen molar-refractivity contribution in [3.8, 4) is 0 Å². The first-order valence-electron chi connectivity index (χ1n) is 6.09. The molecule has 0 amide bonds. The van der Waals surface area contributed by atoms with E-state index in [-0.39, 0.29) is 5.69 Å². The minimum atomic E-state index is -0.472. The maximum Gasteiger partial charge on any atom is 0.335 e. The highest BCUT2D eigenvalue weighted by molar-refractivity contribution is 5.93. The average Bonchev–Trinajstić information content (AvgIpc) is 2.99. The normalized spacial score (nSPS) is 11.2. The summed E-state index contributed by atoms with van der Waals surface area (Å²) in [5, 5.41) is 10.6. The fourth-order valence-corrected chi connectivity index (χ4v) is 1.77. The molecule has 0 saturated carbocycles. The first-order valence-corrected chi connectivity index (χ1v) is 6.09. The molecule has 0 aliphatic carbocycles. The first-order chi connectivity index (χ1) is 10.1. The number of hydrogen-bond acceptors (Lipinski definition) is 5. The summed E-state index contributed by atoms with van der Waals surface area (Å²) < 4.78 is 6.48. The van der Waals surface area contributed by atoms with Gasteiger partial charge in [-0.25, -0.2) is 9.78 Å². The van der Waals surface area contributed by atoms with Gasteiger partial charge in [-0.2, -0.15) is 0 Å². The quantitative estimate of drug-likeness (QED) is 0.363. The van der Waals surface area contributed by atoms with Crippen molar-refractivity contribution in [2.24, 2.45) is 0 Å². The Kier molecular flexibility index (Phi) is 4.45. The van der Waals surface area contributed by atoms with Crippen LogP contribution >= 0.6 is 0 Å². The minimum Gasteiger partial charge on any atom is -0.466 e. The van der Waals surface area contributed by atoms with Gasteiger partial charge in [0.05, 0.1) is 30.5 Å². The third-order valence-corrected chi connectivity index (χ3v) is 2.80. The summed E-state index contributed by atoms with van der Waals surface area (Å²) in [7, 11) is 1.31. The van der Waals surface area contributed by atoms with Crippen molar-refractivity contribution in [2.75, 3.05) is 7.11 Å². The third-order valence-electron chi connectivity index (χ3n) is 2.80. The highest BCUT2D eigenvalue weighted by Gasteiger charge is 2.11. The summed E-state index contributed by atoms with van der Waals surface area (Å²) in [5.74, 6) is -0.456. The molecule has 0 aliphatic heterocycles. The first kappa shape index (κ1) is 14.4. The minimum absolute atomic E-state index is 0.00128. The Bertz CT molecular complexity index is 660. The molecule has 0 unspecified atom stereocenters. The van der Waals surface area contributed by atoms with Crippen LogP contribution in [0.25, 0.3) is 6.08 Å². The zero-order valence-corrected chi connectivity index (χ0v) is 11.3. The molecule has 1 heterocycles. The maximum atomic E-state index is 11.8. The molecule has 1 aromatic carbocycles. The lowest BCUT2D eigenvalue weighted by molar-refractivity contribution is -0.384. The molecule has 0 N–H and O–H groups in total. The topological polar surface area (TPSA) is 87.3 Å². The number of benzene rings is 1. The van der Waals surface area contributed by atoms with E-state index in [0.29, 0.717) is 17.7 Å². The molecule has 7 nitrogen and oxygen atoms in total. The molecular formula is C14H13N3O4. The number of esters is 1. The van der Waals surface area contributed by atoms with Crippen LogP contribution < -0.4 is 0 Å². The van der Waals surface area contributed by atoms with Crippen LogP contribution in [0.15, 0.2) is 48.6 Å². The van der Waals surface area contributed by atoms with Gasteiger partial charge in [-0.05, 0) is 23.8 Å². The molecule has 1 aromatic heterocycles. The van der Waals surface area contributed by atoms with Crippen LogP contribution in [0.5, 0.6) is 0 Å². The number of rotatable bonds is 5. The Morgan fingerprint density at radius 3 is 2.67 bits per heavy atom. The van der Waals surface area contributed by atoms with E-state index in [0.717, 1.165) is 0 Å². The van der Waals surface area contributed by atoms with E-state index in [1.165, 1.54) is 19.2 Å². The van der Waals surface area contributed by atoms with Gasteiger partial charge in [0.25, 0.3) is 5.69 Å². The third kappa shape index (κ3) is 3.75. The fraction of sp³-hybridized carbons (Fsp3) is 0.143. The number of ether oxygens (including phenoxy) is 1. The van der Waals surface area contributed by atoms with Crippen LogP contribution in [0.1, 0.15) is 5.56 Å². The number of nitro benzene ring substituents is 1. The second-order valence-corrected chi connectivity index (χ2v) is 4.24.